The minimum absolute atomic E-state index is 0.0303. The molecule has 1 atom stereocenters. The first-order chi connectivity index (χ1) is 10.7. The highest BCUT2D eigenvalue weighted by Gasteiger charge is 2.24. The zero-order valence-corrected chi connectivity index (χ0v) is 13.2. The molecule has 1 saturated heterocycles. The van der Waals surface area contributed by atoms with E-state index in [1.807, 2.05) is 18.7 Å². The van der Waals surface area contributed by atoms with Crippen molar-refractivity contribution in [1.29, 1.82) is 5.26 Å². The third kappa shape index (κ3) is 4.22. The molecule has 1 fully saturated rings. The molecule has 0 aromatic heterocycles. The van der Waals surface area contributed by atoms with Gasteiger partial charge in [-0.25, -0.2) is 0 Å². The summed E-state index contributed by atoms with van der Waals surface area (Å²) in [6, 6.07) is 7.14. The average Bonchev–Trinajstić information content (AvgIpc) is 3.36. The molecule has 5 nitrogen and oxygen atoms in total. The van der Waals surface area contributed by atoms with E-state index in [2.05, 4.69) is 6.07 Å². The third-order valence-electron chi connectivity index (χ3n) is 3.45. The van der Waals surface area contributed by atoms with Gasteiger partial charge >= 0.3 is 0 Å². The van der Waals surface area contributed by atoms with Crippen molar-refractivity contribution in [3.8, 4) is 11.8 Å². The van der Waals surface area contributed by atoms with Crippen LogP contribution in [0.5, 0.6) is 5.75 Å². The number of carbonyl (C=O) groups is 1. The van der Waals surface area contributed by atoms with Crippen LogP contribution in [0, 0.1) is 11.3 Å². The molecule has 0 spiro atoms. The quantitative estimate of drug-likeness (QED) is 0.692. The van der Waals surface area contributed by atoms with E-state index in [0.717, 1.165) is 25.9 Å². The van der Waals surface area contributed by atoms with Gasteiger partial charge in [-0.15, -0.1) is 0 Å². The number of amides is 1. The van der Waals surface area contributed by atoms with E-state index >= 15 is 0 Å². The first kappa shape index (κ1) is 16.3. The second-order valence-corrected chi connectivity index (χ2v) is 5.38. The summed E-state index contributed by atoms with van der Waals surface area (Å²) in [6.07, 6.45) is 1.97. The second kappa shape index (κ2) is 7.81. The van der Waals surface area contributed by atoms with Gasteiger partial charge in [-0.05, 0) is 31.0 Å². The molecular formula is C17H22N2O3. The molecule has 0 N–H and O–H groups in total. The van der Waals surface area contributed by atoms with Crippen LogP contribution < -0.4 is 4.74 Å². The van der Waals surface area contributed by atoms with Crippen LogP contribution in [0.2, 0.25) is 0 Å². The number of epoxide rings is 1. The second-order valence-electron chi connectivity index (χ2n) is 5.38. The highest BCUT2D eigenvalue weighted by Crippen LogP contribution is 2.22. The van der Waals surface area contributed by atoms with Crippen molar-refractivity contribution in [2.24, 2.45) is 0 Å². The van der Waals surface area contributed by atoms with Gasteiger partial charge in [0, 0.05) is 18.7 Å². The number of nitriles is 1. The largest absolute Gasteiger partial charge is 0.489 e. The standard InChI is InChI=1S/C17H22N2O3/c1-3-7-19(8-4-2)17(20)13-5-6-16(14(9-13)10-18)22-12-15-11-21-15/h5-6,9,15H,3-4,7-8,11-12H2,1-2H3/t15-/m1/s1. The Bertz CT molecular complexity index is 556. The minimum Gasteiger partial charge on any atom is -0.489 e. The van der Waals surface area contributed by atoms with Crippen LogP contribution >= 0.6 is 0 Å². The van der Waals surface area contributed by atoms with Crippen molar-refractivity contribution in [1.82, 2.24) is 4.90 Å². The van der Waals surface area contributed by atoms with Crippen molar-refractivity contribution < 1.29 is 14.3 Å². The van der Waals surface area contributed by atoms with Gasteiger partial charge in [-0.1, -0.05) is 13.8 Å². The van der Waals surface area contributed by atoms with Crippen LogP contribution in [0.25, 0.3) is 0 Å². The SMILES string of the molecule is CCCN(CCC)C(=O)c1ccc(OC[C@H]2CO2)c(C#N)c1. The molecule has 5 heteroatoms. The maximum absolute atomic E-state index is 12.5. The van der Waals surface area contributed by atoms with Crippen molar-refractivity contribution in [2.75, 3.05) is 26.3 Å². The average molecular weight is 302 g/mol. The van der Waals surface area contributed by atoms with Crippen LogP contribution in [0.1, 0.15) is 42.6 Å². The fraction of sp³-hybridized carbons (Fsp3) is 0.529. The van der Waals surface area contributed by atoms with Crippen molar-refractivity contribution in [3.05, 3.63) is 29.3 Å². The van der Waals surface area contributed by atoms with Gasteiger partial charge in [0.15, 0.2) is 0 Å². The van der Waals surface area contributed by atoms with Crippen LogP contribution in [-0.4, -0.2) is 43.2 Å². The van der Waals surface area contributed by atoms with Crippen molar-refractivity contribution >= 4 is 5.91 Å². The summed E-state index contributed by atoms with van der Waals surface area (Å²) in [5, 5.41) is 9.26. The molecule has 1 aliphatic heterocycles. The van der Waals surface area contributed by atoms with E-state index in [1.165, 1.54) is 0 Å². The number of ether oxygens (including phenoxy) is 2. The van der Waals surface area contributed by atoms with E-state index < -0.39 is 0 Å². The Morgan fingerprint density at radius 1 is 1.41 bits per heavy atom. The number of hydrogen-bond donors (Lipinski definition) is 0. The number of carbonyl (C=O) groups excluding carboxylic acids is 1. The molecule has 0 bridgehead atoms. The molecule has 0 unspecified atom stereocenters. The van der Waals surface area contributed by atoms with Crippen LogP contribution in [0.15, 0.2) is 18.2 Å². The first-order valence-electron chi connectivity index (χ1n) is 7.77. The van der Waals surface area contributed by atoms with E-state index in [9.17, 15) is 10.1 Å². The van der Waals surface area contributed by atoms with Crippen molar-refractivity contribution in [3.63, 3.8) is 0 Å². The van der Waals surface area contributed by atoms with Gasteiger partial charge in [0.2, 0.25) is 0 Å². The topological polar surface area (TPSA) is 65.9 Å². The monoisotopic (exact) mass is 302 g/mol. The lowest BCUT2D eigenvalue weighted by Crippen LogP contribution is -2.32. The Morgan fingerprint density at radius 3 is 2.64 bits per heavy atom. The Labute approximate surface area is 131 Å². The van der Waals surface area contributed by atoms with Gasteiger partial charge in [-0.3, -0.25) is 4.79 Å². The summed E-state index contributed by atoms with van der Waals surface area (Å²) in [4.78, 5) is 14.4. The maximum atomic E-state index is 12.5. The van der Waals surface area contributed by atoms with Gasteiger partial charge in [0.1, 0.15) is 24.5 Å². The molecule has 1 amide bonds. The van der Waals surface area contributed by atoms with Gasteiger partial charge in [0.05, 0.1) is 12.2 Å². The molecule has 0 aliphatic carbocycles. The van der Waals surface area contributed by atoms with E-state index in [4.69, 9.17) is 9.47 Å². The highest BCUT2D eigenvalue weighted by atomic mass is 16.6. The molecule has 1 heterocycles. The van der Waals surface area contributed by atoms with E-state index in [1.54, 1.807) is 18.2 Å². The maximum Gasteiger partial charge on any atom is 0.253 e. The molecule has 118 valence electrons. The van der Waals surface area contributed by atoms with Crippen LogP contribution in [0.3, 0.4) is 0 Å². The Balaban J connectivity index is 2.12. The fourth-order valence-corrected chi connectivity index (χ4v) is 2.26. The normalized spacial score (nSPS) is 16.0. The molecule has 1 aromatic rings. The van der Waals surface area contributed by atoms with Crippen LogP contribution in [-0.2, 0) is 4.74 Å². The molecule has 1 aliphatic rings. The number of nitrogens with zero attached hydrogens (tertiary/aromatic N) is 2. The number of rotatable bonds is 8. The van der Waals surface area contributed by atoms with Gasteiger partial charge in [0.25, 0.3) is 5.91 Å². The highest BCUT2D eigenvalue weighted by molar-refractivity contribution is 5.94. The smallest absolute Gasteiger partial charge is 0.253 e. The predicted molar refractivity (Wildman–Crippen MR) is 82.9 cm³/mol. The lowest BCUT2D eigenvalue weighted by Gasteiger charge is -2.21. The number of benzene rings is 1. The number of hydrogen-bond acceptors (Lipinski definition) is 4. The minimum atomic E-state index is -0.0303. The van der Waals surface area contributed by atoms with Crippen molar-refractivity contribution in [2.45, 2.75) is 32.8 Å². The summed E-state index contributed by atoms with van der Waals surface area (Å²) in [5.41, 5.74) is 0.924. The zero-order valence-electron chi connectivity index (χ0n) is 13.2. The third-order valence-corrected chi connectivity index (χ3v) is 3.45. The molecule has 2 rings (SSSR count). The summed E-state index contributed by atoms with van der Waals surface area (Å²) < 4.78 is 10.7. The van der Waals surface area contributed by atoms with E-state index in [-0.39, 0.29) is 12.0 Å². The zero-order chi connectivity index (χ0) is 15.9. The molecular weight excluding hydrogens is 280 g/mol. The molecule has 0 radical (unpaired) electrons. The Kier molecular flexibility index (Phi) is 5.79. The summed E-state index contributed by atoms with van der Waals surface area (Å²) >= 11 is 0. The Morgan fingerprint density at radius 2 is 2.09 bits per heavy atom. The van der Waals surface area contributed by atoms with Crippen LogP contribution in [0.4, 0.5) is 0 Å². The summed E-state index contributed by atoms with van der Waals surface area (Å²) in [6.45, 7) is 6.71. The Hall–Kier alpha value is -2.06. The summed E-state index contributed by atoms with van der Waals surface area (Å²) in [7, 11) is 0. The van der Waals surface area contributed by atoms with E-state index in [0.29, 0.717) is 30.1 Å². The molecule has 22 heavy (non-hydrogen) atoms. The fourth-order valence-electron chi connectivity index (χ4n) is 2.26. The summed E-state index contributed by atoms with van der Waals surface area (Å²) in [5.74, 6) is 0.476. The lowest BCUT2D eigenvalue weighted by atomic mass is 10.1. The first-order valence-corrected chi connectivity index (χ1v) is 7.77. The lowest BCUT2D eigenvalue weighted by molar-refractivity contribution is 0.0755. The predicted octanol–water partition coefficient (Wildman–Crippen LogP) is 2.60. The molecule has 0 saturated carbocycles. The molecule has 1 aromatic carbocycles. The van der Waals surface area contributed by atoms with Gasteiger partial charge in [-0.2, -0.15) is 5.26 Å². The van der Waals surface area contributed by atoms with Gasteiger partial charge < -0.3 is 14.4 Å².